The normalized spacial score (nSPS) is 11.3. The van der Waals surface area contributed by atoms with Gasteiger partial charge in [-0.3, -0.25) is 0 Å². The second-order valence-electron chi connectivity index (χ2n) is 4.96. The highest BCUT2D eigenvalue weighted by atomic mass is 35.5. The van der Waals surface area contributed by atoms with Crippen LogP contribution in [0.1, 0.15) is 0 Å². The van der Waals surface area contributed by atoms with Crippen LogP contribution in [0.4, 0.5) is 0 Å². The predicted molar refractivity (Wildman–Crippen MR) is 85.7 cm³/mol. The Morgan fingerprint density at radius 1 is 0.952 bits per heavy atom. The summed E-state index contributed by atoms with van der Waals surface area (Å²) in [5.41, 5.74) is 2.45. The van der Waals surface area contributed by atoms with E-state index in [-0.39, 0.29) is 5.75 Å². The van der Waals surface area contributed by atoms with Gasteiger partial charge in [0.05, 0.1) is 16.6 Å². The highest BCUT2D eigenvalue weighted by Crippen LogP contribution is 2.31. The van der Waals surface area contributed by atoms with Gasteiger partial charge in [0.15, 0.2) is 0 Å². The summed E-state index contributed by atoms with van der Waals surface area (Å²) in [5, 5.41) is 12.8. The number of aromatic nitrogens is 2. The van der Waals surface area contributed by atoms with E-state index < -0.39 is 0 Å². The maximum absolute atomic E-state index is 10.0. The topological polar surface area (TPSA) is 48.9 Å². The lowest BCUT2D eigenvalue weighted by Gasteiger charge is -2.00. The molecule has 4 aromatic rings. The first-order valence-corrected chi connectivity index (χ1v) is 6.96. The number of hydrogen-bond donors (Lipinski definition) is 2. The van der Waals surface area contributed by atoms with Gasteiger partial charge < -0.3 is 10.1 Å². The Labute approximate surface area is 125 Å². The lowest BCUT2D eigenvalue weighted by molar-refractivity contribution is 0.477. The average molecular weight is 295 g/mol. The molecule has 0 spiro atoms. The average Bonchev–Trinajstić information content (AvgIpc) is 2.87. The van der Waals surface area contributed by atoms with Crippen LogP contribution in [0.15, 0.2) is 54.6 Å². The van der Waals surface area contributed by atoms with Crippen molar-refractivity contribution in [2.45, 2.75) is 0 Å². The van der Waals surface area contributed by atoms with E-state index >= 15 is 0 Å². The largest absolute Gasteiger partial charge is 0.507 e. The number of benzene rings is 3. The van der Waals surface area contributed by atoms with Gasteiger partial charge in [-0.05, 0) is 41.1 Å². The number of H-pyrrole nitrogens is 1. The number of aromatic amines is 1. The summed E-state index contributed by atoms with van der Waals surface area (Å²) in [4.78, 5) is 7.82. The van der Waals surface area contributed by atoms with Crippen molar-refractivity contribution in [1.82, 2.24) is 9.97 Å². The van der Waals surface area contributed by atoms with E-state index in [0.29, 0.717) is 16.4 Å². The van der Waals surface area contributed by atoms with Gasteiger partial charge in [-0.25, -0.2) is 4.98 Å². The van der Waals surface area contributed by atoms with Gasteiger partial charge in [0.2, 0.25) is 0 Å². The molecule has 3 aromatic carbocycles. The van der Waals surface area contributed by atoms with Crippen molar-refractivity contribution in [2.75, 3.05) is 0 Å². The highest BCUT2D eigenvalue weighted by Gasteiger charge is 2.10. The van der Waals surface area contributed by atoms with Crippen molar-refractivity contribution in [2.24, 2.45) is 0 Å². The van der Waals surface area contributed by atoms with Crippen molar-refractivity contribution < 1.29 is 5.11 Å². The minimum atomic E-state index is 0.117. The van der Waals surface area contributed by atoms with Gasteiger partial charge in [-0.2, -0.15) is 0 Å². The molecule has 0 unspecified atom stereocenters. The second kappa shape index (κ2) is 4.50. The summed E-state index contributed by atoms with van der Waals surface area (Å²) < 4.78 is 0. The Bertz CT molecular complexity index is 923. The number of rotatable bonds is 1. The molecule has 0 aliphatic carbocycles. The minimum Gasteiger partial charge on any atom is -0.507 e. The Kier molecular flexibility index (Phi) is 2.62. The molecule has 1 heterocycles. The molecule has 2 N–H and O–H groups in total. The molecule has 4 heteroatoms. The van der Waals surface area contributed by atoms with E-state index in [1.165, 1.54) is 6.07 Å². The van der Waals surface area contributed by atoms with Crippen LogP contribution < -0.4 is 0 Å². The molecule has 0 saturated heterocycles. The van der Waals surface area contributed by atoms with Gasteiger partial charge >= 0.3 is 0 Å². The number of imidazole rings is 1. The van der Waals surface area contributed by atoms with Crippen LogP contribution in [-0.2, 0) is 0 Å². The monoisotopic (exact) mass is 294 g/mol. The van der Waals surface area contributed by atoms with E-state index in [9.17, 15) is 5.11 Å². The zero-order valence-electron chi connectivity index (χ0n) is 11.0. The first kappa shape index (κ1) is 12.2. The number of aromatic hydroxyl groups is 1. The van der Waals surface area contributed by atoms with Crippen molar-refractivity contribution >= 4 is 33.4 Å². The van der Waals surface area contributed by atoms with Crippen LogP contribution >= 0.6 is 11.6 Å². The van der Waals surface area contributed by atoms with Gasteiger partial charge in [0.1, 0.15) is 11.6 Å². The summed E-state index contributed by atoms with van der Waals surface area (Å²) in [6.45, 7) is 0. The molecule has 0 radical (unpaired) electrons. The maximum atomic E-state index is 10.0. The molecular weight excluding hydrogens is 284 g/mol. The molecule has 4 rings (SSSR count). The third-order valence-corrected chi connectivity index (χ3v) is 3.80. The highest BCUT2D eigenvalue weighted by molar-refractivity contribution is 6.30. The molecule has 0 saturated carbocycles. The van der Waals surface area contributed by atoms with Gasteiger partial charge in [-0.15, -0.1) is 0 Å². The molecule has 0 amide bonds. The smallest absolute Gasteiger partial charge is 0.142 e. The third-order valence-electron chi connectivity index (χ3n) is 3.56. The fraction of sp³-hybridized carbons (Fsp3) is 0. The number of phenolic OH excluding ortho intramolecular Hbond substituents is 1. The standard InChI is InChI=1S/C17H11ClN2O/c18-12-5-6-13(16(21)9-12)17-19-14-7-10-3-1-2-4-11(10)8-15(14)20-17/h1-9,21H,(H,19,20). The number of fused-ring (bicyclic) bond motifs is 2. The van der Waals surface area contributed by atoms with Crippen LogP contribution in [-0.4, -0.2) is 15.1 Å². The summed E-state index contributed by atoms with van der Waals surface area (Å²) in [6.07, 6.45) is 0. The molecule has 21 heavy (non-hydrogen) atoms. The van der Waals surface area contributed by atoms with Gasteiger partial charge in [0.25, 0.3) is 0 Å². The first-order valence-electron chi connectivity index (χ1n) is 6.58. The van der Waals surface area contributed by atoms with E-state index in [0.717, 1.165) is 21.8 Å². The van der Waals surface area contributed by atoms with E-state index in [1.807, 2.05) is 18.2 Å². The summed E-state index contributed by atoms with van der Waals surface area (Å²) in [6, 6.07) is 17.3. The van der Waals surface area contributed by atoms with Crippen molar-refractivity contribution in [3.8, 4) is 17.1 Å². The Balaban J connectivity index is 1.95. The fourth-order valence-corrected chi connectivity index (χ4v) is 2.70. The number of nitrogens with zero attached hydrogens (tertiary/aromatic N) is 1. The first-order chi connectivity index (χ1) is 10.2. The second-order valence-corrected chi connectivity index (χ2v) is 5.40. The lowest BCUT2D eigenvalue weighted by atomic mass is 10.1. The summed E-state index contributed by atoms with van der Waals surface area (Å²) in [7, 11) is 0. The fourth-order valence-electron chi connectivity index (χ4n) is 2.53. The van der Waals surface area contributed by atoms with E-state index in [4.69, 9.17) is 11.6 Å². The molecule has 102 valence electrons. The van der Waals surface area contributed by atoms with E-state index in [1.54, 1.807) is 12.1 Å². The van der Waals surface area contributed by atoms with Crippen LogP contribution in [0.25, 0.3) is 33.2 Å². The van der Waals surface area contributed by atoms with Crippen LogP contribution in [0.5, 0.6) is 5.75 Å². The van der Waals surface area contributed by atoms with Crippen molar-refractivity contribution in [1.29, 1.82) is 0 Å². The molecule has 0 aliphatic heterocycles. The predicted octanol–water partition coefficient (Wildman–Crippen LogP) is 4.74. The Morgan fingerprint density at radius 3 is 2.48 bits per heavy atom. The zero-order chi connectivity index (χ0) is 14.4. The molecule has 0 bridgehead atoms. The molecular formula is C17H11ClN2O. The van der Waals surface area contributed by atoms with Crippen molar-refractivity contribution in [3.05, 3.63) is 59.6 Å². The minimum absolute atomic E-state index is 0.117. The Hall–Kier alpha value is -2.52. The number of phenols is 1. The number of hydrogen-bond acceptors (Lipinski definition) is 2. The molecule has 0 fully saturated rings. The zero-order valence-corrected chi connectivity index (χ0v) is 11.7. The maximum Gasteiger partial charge on any atom is 0.142 e. The molecule has 0 aliphatic rings. The number of nitrogens with one attached hydrogen (secondary N) is 1. The van der Waals surface area contributed by atoms with Crippen LogP contribution in [0, 0.1) is 0 Å². The van der Waals surface area contributed by atoms with E-state index in [2.05, 4.69) is 28.2 Å². The summed E-state index contributed by atoms with van der Waals surface area (Å²) in [5.74, 6) is 0.751. The third kappa shape index (κ3) is 2.03. The van der Waals surface area contributed by atoms with Crippen LogP contribution in [0.2, 0.25) is 5.02 Å². The van der Waals surface area contributed by atoms with Crippen LogP contribution in [0.3, 0.4) is 0 Å². The Morgan fingerprint density at radius 2 is 1.71 bits per heavy atom. The van der Waals surface area contributed by atoms with Gasteiger partial charge in [0, 0.05) is 5.02 Å². The SMILES string of the molecule is Oc1cc(Cl)ccc1-c1nc2cc3ccccc3cc2[nH]1. The molecule has 1 aromatic heterocycles. The molecule has 3 nitrogen and oxygen atoms in total. The summed E-state index contributed by atoms with van der Waals surface area (Å²) >= 11 is 5.86. The van der Waals surface area contributed by atoms with Gasteiger partial charge in [-0.1, -0.05) is 35.9 Å². The molecule has 0 atom stereocenters. The number of halogens is 1. The lowest BCUT2D eigenvalue weighted by Crippen LogP contribution is -1.81. The quantitative estimate of drug-likeness (QED) is 0.532. The van der Waals surface area contributed by atoms with Crippen molar-refractivity contribution in [3.63, 3.8) is 0 Å².